The van der Waals surface area contributed by atoms with Crippen molar-refractivity contribution in [3.8, 4) is 0 Å². The highest BCUT2D eigenvalue weighted by molar-refractivity contribution is 5.88. The molecular weight excluding hydrogens is 386 g/mol. The molecule has 0 aliphatic heterocycles. The first-order valence-corrected chi connectivity index (χ1v) is 9.69. The number of nitrogens with one attached hydrogen (secondary N) is 1. The molecule has 3 rings (SSSR count). The summed E-state index contributed by atoms with van der Waals surface area (Å²) in [6.07, 6.45) is -0.488. The zero-order chi connectivity index (χ0) is 21.6. The number of benzene rings is 2. The van der Waals surface area contributed by atoms with Crippen LogP contribution < -0.4 is 5.32 Å². The molecule has 1 aliphatic rings. The van der Waals surface area contributed by atoms with Crippen LogP contribution in [0.2, 0.25) is 0 Å². The fourth-order valence-corrected chi connectivity index (χ4v) is 4.04. The van der Waals surface area contributed by atoms with Crippen molar-refractivity contribution in [1.29, 1.82) is 0 Å². The fraction of sp³-hybridized carbons (Fsp3) is 0.348. The Labute approximate surface area is 175 Å². The summed E-state index contributed by atoms with van der Waals surface area (Å²) in [5.41, 5.74) is 0.320. The molecule has 2 aromatic carbocycles. The van der Waals surface area contributed by atoms with Crippen molar-refractivity contribution in [2.45, 2.75) is 30.9 Å². The Morgan fingerprint density at radius 2 is 1.57 bits per heavy atom. The van der Waals surface area contributed by atoms with Crippen molar-refractivity contribution in [2.24, 2.45) is 5.92 Å². The molecule has 0 heterocycles. The molecule has 0 unspecified atom stereocenters. The van der Waals surface area contributed by atoms with E-state index in [1.165, 1.54) is 14.2 Å². The van der Waals surface area contributed by atoms with Crippen LogP contribution in [0.1, 0.15) is 29.9 Å². The molecule has 0 aromatic heterocycles. The van der Waals surface area contributed by atoms with E-state index in [9.17, 15) is 14.4 Å². The van der Waals surface area contributed by atoms with Gasteiger partial charge in [-0.2, -0.15) is 0 Å². The second-order valence-corrected chi connectivity index (χ2v) is 7.32. The Kier molecular flexibility index (Phi) is 6.72. The lowest BCUT2D eigenvalue weighted by molar-refractivity contribution is -0.149. The van der Waals surface area contributed by atoms with Crippen molar-refractivity contribution in [2.75, 3.05) is 14.2 Å². The maximum absolute atomic E-state index is 12.7. The number of alkyl carbamates (subject to hydrolysis) is 1. The molecule has 0 bridgehead atoms. The number of amides is 1. The Morgan fingerprint density at radius 3 is 2.17 bits per heavy atom. The largest absolute Gasteiger partial charge is 0.469 e. The van der Waals surface area contributed by atoms with Crippen molar-refractivity contribution in [3.63, 3.8) is 0 Å². The van der Waals surface area contributed by atoms with Gasteiger partial charge in [0.2, 0.25) is 0 Å². The molecular formula is C23H25NO6. The standard InChI is InChI=1S/C23H25NO6/c1-28-20(25)19-14-23(21(26)29-2,13-18(19)17-11-7-4-8-12-17)24-22(27)30-15-16-9-5-3-6-10-16/h3-12,18-19H,13-15H2,1-2H3,(H,24,27)/t18-,19+,23-/m0/s1. The molecule has 2 aromatic rings. The van der Waals surface area contributed by atoms with Gasteiger partial charge in [-0.25, -0.2) is 9.59 Å². The Bertz CT molecular complexity index is 885. The van der Waals surface area contributed by atoms with E-state index in [1.54, 1.807) is 0 Å². The molecule has 1 N–H and O–H groups in total. The van der Waals surface area contributed by atoms with Gasteiger partial charge >= 0.3 is 18.0 Å². The first kappa shape index (κ1) is 21.4. The van der Waals surface area contributed by atoms with Crippen molar-refractivity contribution in [1.82, 2.24) is 5.32 Å². The second-order valence-electron chi connectivity index (χ2n) is 7.32. The number of methoxy groups -OCH3 is 2. The molecule has 1 aliphatic carbocycles. The zero-order valence-electron chi connectivity index (χ0n) is 17.0. The molecule has 1 fully saturated rings. The number of carbonyl (C=O) groups excluding carboxylic acids is 3. The maximum atomic E-state index is 12.7. The molecule has 7 heteroatoms. The smallest absolute Gasteiger partial charge is 0.408 e. The summed E-state index contributed by atoms with van der Waals surface area (Å²) in [6, 6.07) is 18.6. The molecule has 1 saturated carbocycles. The van der Waals surface area contributed by atoms with Gasteiger partial charge in [-0.3, -0.25) is 4.79 Å². The normalized spacial score (nSPS) is 22.7. The highest BCUT2D eigenvalue weighted by atomic mass is 16.6. The topological polar surface area (TPSA) is 90.9 Å². The number of hydrogen-bond donors (Lipinski definition) is 1. The van der Waals surface area contributed by atoms with Crippen molar-refractivity contribution in [3.05, 3.63) is 71.8 Å². The maximum Gasteiger partial charge on any atom is 0.408 e. The average Bonchev–Trinajstić information content (AvgIpc) is 3.18. The van der Waals surface area contributed by atoms with E-state index in [0.717, 1.165) is 11.1 Å². The van der Waals surface area contributed by atoms with Crippen LogP contribution in [0.4, 0.5) is 4.79 Å². The molecule has 30 heavy (non-hydrogen) atoms. The first-order valence-electron chi connectivity index (χ1n) is 9.69. The zero-order valence-corrected chi connectivity index (χ0v) is 17.0. The lowest BCUT2D eigenvalue weighted by Gasteiger charge is -2.27. The summed E-state index contributed by atoms with van der Waals surface area (Å²) in [6.45, 7) is 0.0620. The van der Waals surface area contributed by atoms with Crippen LogP contribution in [-0.2, 0) is 30.4 Å². The summed E-state index contributed by atoms with van der Waals surface area (Å²) in [4.78, 5) is 37.7. The van der Waals surface area contributed by atoms with Gasteiger partial charge in [0.1, 0.15) is 12.1 Å². The van der Waals surface area contributed by atoms with Gasteiger partial charge in [0, 0.05) is 5.92 Å². The number of hydrogen-bond acceptors (Lipinski definition) is 6. The summed E-state index contributed by atoms with van der Waals surface area (Å²) in [7, 11) is 2.56. The van der Waals surface area contributed by atoms with E-state index in [2.05, 4.69) is 5.32 Å². The van der Waals surface area contributed by atoms with Crippen LogP contribution in [0.5, 0.6) is 0 Å². The van der Waals surface area contributed by atoms with Crippen LogP contribution in [0.3, 0.4) is 0 Å². The predicted molar refractivity (Wildman–Crippen MR) is 108 cm³/mol. The van der Waals surface area contributed by atoms with E-state index in [1.807, 2.05) is 60.7 Å². The quantitative estimate of drug-likeness (QED) is 0.580. The van der Waals surface area contributed by atoms with Gasteiger partial charge < -0.3 is 19.5 Å². The van der Waals surface area contributed by atoms with Crippen LogP contribution in [-0.4, -0.2) is 37.8 Å². The Balaban J connectivity index is 1.82. The van der Waals surface area contributed by atoms with Crippen LogP contribution in [0.15, 0.2) is 60.7 Å². The summed E-state index contributed by atoms with van der Waals surface area (Å²) in [5, 5.41) is 2.68. The second kappa shape index (κ2) is 9.43. The summed E-state index contributed by atoms with van der Waals surface area (Å²) in [5.74, 6) is -1.97. The summed E-state index contributed by atoms with van der Waals surface area (Å²) < 4.78 is 15.3. The van der Waals surface area contributed by atoms with E-state index in [4.69, 9.17) is 14.2 Å². The summed E-state index contributed by atoms with van der Waals surface area (Å²) >= 11 is 0. The third kappa shape index (κ3) is 4.62. The van der Waals surface area contributed by atoms with Crippen LogP contribution in [0.25, 0.3) is 0 Å². The highest BCUT2D eigenvalue weighted by Gasteiger charge is 2.55. The minimum atomic E-state index is -1.39. The van der Waals surface area contributed by atoms with E-state index in [-0.39, 0.29) is 25.4 Å². The lowest BCUT2D eigenvalue weighted by Crippen LogP contribution is -2.53. The first-order chi connectivity index (χ1) is 14.5. The predicted octanol–water partition coefficient (Wildman–Crippen LogP) is 3.19. The van der Waals surface area contributed by atoms with Gasteiger partial charge in [0.25, 0.3) is 0 Å². The van der Waals surface area contributed by atoms with E-state index in [0.29, 0.717) is 0 Å². The Hall–Kier alpha value is -3.35. The van der Waals surface area contributed by atoms with Crippen molar-refractivity contribution < 1.29 is 28.6 Å². The average molecular weight is 411 g/mol. The number of esters is 2. The molecule has 158 valence electrons. The molecule has 7 nitrogen and oxygen atoms in total. The minimum Gasteiger partial charge on any atom is -0.469 e. The molecule has 3 atom stereocenters. The van der Waals surface area contributed by atoms with Crippen LogP contribution >= 0.6 is 0 Å². The minimum absolute atomic E-state index is 0.0618. The van der Waals surface area contributed by atoms with Crippen molar-refractivity contribution >= 4 is 18.0 Å². The van der Waals surface area contributed by atoms with Gasteiger partial charge in [0.15, 0.2) is 0 Å². The number of ether oxygens (including phenoxy) is 3. The Morgan fingerprint density at radius 1 is 0.933 bits per heavy atom. The number of rotatable bonds is 6. The number of carbonyl (C=O) groups is 3. The fourth-order valence-electron chi connectivity index (χ4n) is 4.04. The van der Waals surface area contributed by atoms with Crippen LogP contribution in [0, 0.1) is 5.92 Å². The van der Waals surface area contributed by atoms with E-state index >= 15 is 0 Å². The molecule has 0 spiro atoms. The van der Waals surface area contributed by atoms with Gasteiger partial charge in [-0.15, -0.1) is 0 Å². The third-order valence-corrected chi connectivity index (χ3v) is 5.48. The molecule has 0 radical (unpaired) electrons. The monoisotopic (exact) mass is 411 g/mol. The molecule has 0 saturated heterocycles. The van der Waals surface area contributed by atoms with E-state index < -0.39 is 29.5 Å². The SMILES string of the molecule is COC(=O)[C@@H]1C[C@](NC(=O)OCc2ccccc2)(C(=O)OC)C[C@H]1c1ccccc1. The van der Waals surface area contributed by atoms with Gasteiger partial charge in [0.05, 0.1) is 20.1 Å². The highest BCUT2D eigenvalue weighted by Crippen LogP contribution is 2.46. The third-order valence-electron chi connectivity index (χ3n) is 5.48. The lowest BCUT2D eigenvalue weighted by atomic mass is 9.89. The van der Waals surface area contributed by atoms with Gasteiger partial charge in [-0.05, 0) is 24.0 Å². The molecule has 1 amide bonds. The van der Waals surface area contributed by atoms with Gasteiger partial charge in [-0.1, -0.05) is 60.7 Å².